The Labute approximate surface area is 120 Å². The Hall–Kier alpha value is -1.35. The van der Waals surface area contributed by atoms with E-state index in [-0.39, 0.29) is 5.91 Å². The van der Waals surface area contributed by atoms with Gasteiger partial charge in [0.25, 0.3) is 5.91 Å². The summed E-state index contributed by atoms with van der Waals surface area (Å²) >= 11 is 0. The molecule has 3 saturated carbocycles. The fraction of sp³-hybridized carbons (Fsp3) is 0.588. The highest BCUT2D eigenvalue weighted by molar-refractivity contribution is 5.93. The fourth-order valence-corrected chi connectivity index (χ4v) is 4.75. The third-order valence-corrected chi connectivity index (χ3v) is 5.72. The molecule has 4 rings (SSSR count). The van der Waals surface area contributed by atoms with Crippen molar-refractivity contribution in [1.82, 2.24) is 10.6 Å². The van der Waals surface area contributed by atoms with E-state index in [1.807, 2.05) is 12.1 Å². The molecule has 0 aromatic heterocycles. The molecular formula is C17H22N2O. The zero-order chi connectivity index (χ0) is 13.7. The maximum Gasteiger partial charge on any atom is 0.251 e. The molecule has 0 aliphatic heterocycles. The van der Waals surface area contributed by atoms with Crippen LogP contribution in [0, 0.1) is 23.7 Å². The molecule has 0 radical (unpaired) electrons. The summed E-state index contributed by atoms with van der Waals surface area (Å²) in [6.45, 7) is 0.936. The van der Waals surface area contributed by atoms with Gasteiger partial charge in [-0.2, -0.15) is 0 Å². The first-order valence-electron chi connectivity index (χ1n) is 7.82. The summed E-state index contributed by atoms with van der Waals surface area (Å²) < 4.78 is 0. The van der Waals surface area contributed by atoms with Gasteiger partial charge in [-0.1, -0.05) is 12.1 Å². The van der Waals surface area contributed by atoms with E-state index in [0.717, 1.165) is 41.8 Å². The number of fused-ring (bicyclic) bond motifs is 5. The molecular weight excluding hydrogens is 248 g/mol. The molecule has 3 nitrogen and oxygen atoms in total. The molecule has 2 bridgehead atoms. The number of hydrogen-bond acceptors (Lipinski definition) is 2. The quantitative estimate of drug-likeness (QED) is 0.880. The Kier molecular flexibility index (Phi) is 2.84. The highest BCUT2D eigenvalue weighted by Crippen LogP contribution is 2.65. The zero-order valence-electron chi connectivity index (χ0n) is 11.9. The van der Waals surface area contributed by atoms with E-state index >= 15 is 0 Å². The molecule has 3 fully saturated rings. The van der Waals surface area contributed by atoms with E-state index in [2.05, 4.69) is 22.8 Å². The van der Waals surface area contributed by atoms with Gasteiger partial charge in [0.15, 0.2) is 0 Å². The van der Waals surface area contributed by atoms with Gasteiger partial charge in [0.1, 0.15) is 0 Å². The molecule has 2 N–H and O–H groups in total. The zero-order valence-corrected chi connectivity index (χ0v) is 11.9. The van der Waals surface area contributed by atoms with Crippen molar-refractivity contribution in [2.75, 3.05) is 7.05 Å². The van der Waals surface area contributed by atoms with Crippen molar-refractivity contribution in [2.45, 2.75) is 31.8 Å². The molecule has 4 atom stereocenters. The molecule has 20 heavy (non-hydrogen) atoms. The van der Waals surface area contributed by atoms with Gasteiger partial charge in [-0.15, -0.1) is 0 Å². The van der Waals surface area contributed by atoms with E-state index < -0.39 is 0 Å². The van der Waals surface area contributed by atoms with Crippen LogP contribution in [-0.2, 0) is 6.54 Å². The lowest BCUT2D eigenvalue weighted by Crippen LogP contribution is -2.22. The second kappa shape index (κ2) is 4.59. The van der Waals surface area contributed by atoms with E-state index in [9.17, 15) is 4.79 Å². The minimum Gasteiger partial charge on any atom is -0.355 e. The molecule has 3 aliphatic carbocycles. The second-order valence-corrected chi connectivity index (χ2v) is 6.67. The van der Waals surface area contributed by atoms with Crippen LogP contribution in [0.25, 0.3) is 0 Å². The van der Waals surface area contributed by atoms with Gasteiger partial charge < -0.3 is 10.6 Å². The predicted octanol–water partition coefficient (Wildman–Crippen LogP) is 2.18. The average Bonchev–Trinajstić information content (AvgIpc) is 2.88. The number of benzene rings is 1. The van der Waals surface area contributed by atoms with E-state index in [1.165, 1.54) is 24.8 Å². The highest BCUT2D eigenvalue weighted by Gasteiger charge is 2.64. The molecule has 0 heterocycles. The van der Waals surface area contributed by atoms with Crippen molar-refractivity contribution in [1.29, 1.82) is 0 Å². The third-order valence-electron chi connectivity index (χ3n) is 5.72. The Morgan fingerprint density at radius 3 is 2.40 bits per heavy atom. The highest BCUT2D eigenvalue weighted by atomic mass is 16.1. The van der Waals surface area contributed by atoms with Crippen molar-refractivity contribution in [3.63, 3.8) is 0 Å². The van der Waals surface area contributed by atoms with Gasteiger partial charge in [-0.05, 0) is 60.6 Å². The standard InChI is InChI=1S/C17H22N2O/c1-18-17(20)11-4-2-10(3-5-11)9-19-16-14-12-6-7-13(8-12)15(14)16/h2-5,12-16,19H,6-9H2,1H3,(H,18,20). The molecule has 4 unspecified atom stereocenters. The van der Waals surface area contributed by atoms with Gasteiger partial charge in [0, 0.05) is 25.2 Å². The average molecular weight is 270 g/mol. The van der Waals surface area contributed by atoms with E-state index in [1.54, 1.807) is 7.05 Å². The molecule has 106 valence electrons. The first kappa shape index (κ1) is 12.4. The van der Waals surface area contributed by atoms with Crippen molar-refractivity contribution in [3.8, 4) is 0 Å². The Morgan fingerprint density at radius 1 is 1.15 bits per heavy atom. The van der Waals surface area contributed by atoms with Crippen molar-refractivity contribution >= 4 is 5.91 Å². The van der Waals surface area contributed by atoms with E-state index in [4.69, 9.17) is 0 Å². The lowest BCUT2D eigenvalue weighted by molar-refractivity contribution is 0.0963. The lowest BCUT2D eigenvalue weighted by atomic mass is 10.0. The minimum atomic E-state index is -0.0159. The molecule has 1 aromatic carbocycles. The first-order valence-corrected chi connectivity index (χ1v) is 7.82. The number of carbonyl (C=O) groups is 1. The van der Waals surface area contributed by atoms with Gasteiger partial charge in [0.2, 0.25) is 0 Å². The number of rotatable bonds is 4. The molecule has 1 aromatic rings. The topological polar surface area (TPSA) is 41.1 Å². The summed E-state index contributed by atoms with van der Waals surface area (Å²) in [4.78, 5) is 11.5. The van der Waals surface area contributed by atoms with Crippen LogP contribution in [0.4, 0.5) is 0 Å². The number of amides is 1. The summed E-state index contributed by atoms with van der Waals surface area (Å²) in [5.74, 6) is 4.01. The summed E-state index contributed by atoms with van der Waals surface area (Å²) in [6, 6.07) is 8.72. The van der Waals surface area contributed by atoms with Crippen LogP contribution in [0.15, 0.2) is 24.3 Å². The normalized spacial score (nSPS) is 36.8. The first-order chi connectivity index (χ1) is 9.78. The Morgan fingerprint density at radius 2 is 1.80 bits per heavy atom. The summed E-state index contributed by atoms with van der Waals surface area (Å²) in [7, 11) is 1.66. The Balaban J connectivity index is 1.33. The summed E-state index contributed by atoms with van der Waals surface area (Å²) in [6.07, 6.45) is 4.46. The summed E-state index contributed by atoms with van der Waals surface area (Å²) in [5.41, 5.74) is 2.01. The Bertz CT molecular complexity index is 508. The van der Waals surface area contributed by atoms with Crippen molar-refractivity contribution in [2.24, 2.45) is 23.7 Å². The van der Waals surface area contributed by atoms with Gasteiger partial charge in [-0.25, -0.2) is 0 Å². The van der Waals surface area contributed by atoms with Crippen molar-refractivity contribution in [3.05, 3.63) is 35.4 Å². The van der Waals surface area contributed by atoms with Crippen LogP contribution in [0.3, 0.4) is 0 Å². The maximum atomic E-state index is 11.5. The number of hydrogen-bond donors (Lipinski definition) is 2. The smallest absolute Gasteiger partial charge is 0.251 e. The monoisotopic (exact) mass is 270 g/mol. The molecule has 3 heteroatoms. The second-order valence-electron chi connectivity index (χ2n) is 6.67. The minimum absolute atomic E-state index is 0.0159. The predicted molar refractivity (Wildman–Crippen MR) is 78.3 cm³/mol. The molecule has 0 saturated heterocycles. The van der Waals surface area contributed by atoms with Crippen LogP contribution in [0.1, 0.15) is 35.2 Å². The van der Waals surface area contributed by atoms with Gasteiger partial charge >= 0.3 is 0 Å². The SMILES string of the molecule is CNC(=O)c1ccc(CNC2C3C4CCC(C4)C23)cc1. The number of nitrogens with one attached hydrogen (secondary N) is 2. The maximum absolute atomic E-state index is 11.5. The van der Waals surface area contributed by atoms with Crippen LogP contribution < -0.4 is 10.6 Å². The van der Waals surface area contributed by atoms with Crippen LogP contribution in [0.2, 0.25) is 0 Å². The third kappa shape index (κ3) is 1.87. The van der Waals surface area contributed by atoms with E-state index in [0.29, 0.717) is 0 Å². The lowest BCUT2D eigenvalue weighted by Gasteiger charge is -2.10. The van der Waals surface area contributed by atoms with Gasteiger partial charge in [0.05, 0.1) is 0 Å². The van der Waals surface area contributed by atoms with Crippen molar-refractivity contribution < 1.29 is 4.79 Å². The van der Waals surface area contributed by atoms with Crippen LogP contribution in [0.5, 0.6) is 0 Å². The largest absolute Gasteiger partial charge is 0.355 e. The number of carbonyl (C=O) groups excluding carboxylic acids is 1. The molecule has 3 aliphatic rings. The molecule has 0 spiro atoms. The van der Waals surface area contributed by atoms with Crippen LogP contribution in [-0.4, -0.2) is 19.0 Å². The fourth-order valence-electron chi connectivity index (χ4n) is 4.75. The van der Waals surface area contributed by atoms with Crippen LogP contribution >= 0.6 is 0 Å². The molecule has 1 amide bonds. The van der Waals surface area contributed by atoms with Gasteiger partial charge in [-0.3, -0.25) is 4.79 Å². The summed E-state index contributed by atoms with van der Waals surface area (Å²) in [5, 5.41) is 6.39.